The number of rotatable bonds is 8. The van der Waals surface area contributed by atoms with Gasteiger partial charge in [-0.1, -0.05) is 6.92 Å². The van der Waals surface area contributed by atoms with E-state index in [2.05, 4.69) is 5.32 Å². The van der Waals surface area contributed by atoms with Gasteiger partial charge in [0.1, 0.15) is 0 Å². The van der Waals surface area contributed by atoms with Crippen molar-refractivity contribution in [2.75, 3.05) is 13.2 Å². The molecule has 0 fully saturated rings. The van der Waals surface area contributed by atoms with Crippen molar-refractivity contribution in [2.45, 2.75) is 32.6 Å². The molecular weight excluding hydrogens is 196 g/mol. The van der Waals surface area contributed by atoms with Crippen molar-refractivity contribution in [3.05, 3.63) is 0 Å². The van der Waals surface area contributed by atoms with Gasteiger partial charge in [0.05, 0.1) is 0 Å². The quantitative estimate of drug-likeness (QED) is 0.490. The standard InChI is InChI=1S/C10H20N2O3/c1-8(6-9(11)14)7-10(15)12-4-2-3-5-13/h8,13H,2-7H2,1H3,(H2,11,14)(H,12,15)/t8-/m1/s1. The first-order chi connectivity index (χ1) is 7.06. The maximum atomic E-state index is 11.3. The highest BCUT2D eigenvalue weighted by Crippen LogP contribution is 2.05. The van der Waals surface area contributed by atoms with E-state index in [1.165, 1.54) is 0 Å². The number of nitrogens with two attached hydrogens (primary N) is 1. The van der Waals surface area contributed by atoms with Gasteiger partial charge in [0, 0.05) is 26.0 Å². The van der Waals surface area contributed by atoms with Crippen LogP contribution in [0, 0.1) is 5.92 Å². The number of unbranched alkanes of at least 4 members (excludes halogenated alkanes) is 1. The maximum Gasteiger partial charge on any atom is 0.220 e. The van der Waals surface area contributed by atoms with Crippen LogP contribution in [-0.4, -0.2) is 30.1 Å². The van der Waals surface area contributed by atoms with Gasteiger partial charge >= 0.3 is 0 Å². The number of amides is 2. The maximum absolute atomic E-state index is 11.3. The molecule has 5 heteroatoms. The van der Waals surface area contributed by atoms with Gasteiger partial charge in [-0.15, -0.1) is 0 Å². The van der Waals surface area contributed by atoms with E-state index in [0.717, 1.165) is 6.42 Å². The monoisotopic (exact) mass is 216 g/mol. The second kappa shape index (κ2) is 8.23. The fraction of sp³-hybridized carbons (Fsp3) is 0.800. The van der Waals surface area contributed by atoms with Crippen LogP contribution in [0.5, 0.6) is 0 Å². The molecule has 0 spiro atoms. The van der Waals surface area contributed by atoms with E-state index in [1.54, 1.807) is 0 Å². The second-order valence-corrected chi connectivity index (χ2v) is 3.76. The Labute approximate surface area is 90.0 Å². The lowest BCUT2D eigenvalue weighted by molar-refractivity contribution is -0.122. The van der Waals surface area contributed by atoms with E-state index >= 15 is 0 Å². The minimum atomic E-state index is -0.379. The summed E-state index contributed by atoms with van der Waals surface area (Å²) in [4.78, 5) is 21.8. The first-order valence-corrected chi connectivity index (χ1v) is 5.22. The molecule has 4 N–H and O–H groups in total. The van der Waals surface area contributed by atoms with Crippen molar-refractivity contribution in [1.29, 1.82) is 0 Å². The van der Waals surface area contributed by atoms with Crippen LogP contribution >= 0.6 is 0 Å². The molecule has 1 atom stereocenters. The number of carbonyl (C=O) groups is 2. The molecule has 0 radical (unpaired) electrons. The fourth-order valence-corrected chi connectivity index (χ4v) is 1.27. The molecule has 0 rings (SSSR count). The molecule has 2 amide bonds. The summed E-state index contributed by atoms with van der Waals surface area (Å²) in [7, 11) is 0. The minimum absolute atomic E-state index is 0.0136. The van der Waals surface area contributed by atoms with Crippen LogP contribution in [0.3, 0.4) is 0 Å². The highest BCUT2D eigenvalue weighted by atomic mass is 16.3. The number of primary amides is 1. The Hall–Kier alpha value is -1.10. The summed E-state index contributed by atoms with van der Waals surface area (Å²) in [6.45, 7) is 2.54. The van der Waals surface area contributed by atoms with Gasteiger partial charge in [-0.25, -0.2) is 0 Å². The summed E-state index contributed by atoms with van der Waals surface area (Å²) in [5.41, 5.74) is 5.01. The Bertz CT molecular complexity index is 207. The zero-order chi connectivity index (χ0) is 11.7. The van der Waals surface area contributed by atoms with Crippen LogP contribution in [0.1, 0.15) is 32.6 Å². The summed E-state index contributed by atoms with van der Waals surface area (Å²) >= 11 is 0. The Kier molecular flexibility index (Phi) is 7.62. The highest BCUT2D eigenvalue weighted by molar-refractivity contribution is 5.78. The van der Waals surface area contributed by atoms with Crippen molar-refractivity contribution < 1.29 is 14.7 Å². The molecule has 5 nitrogen and oxygen atoms in total. The van der Waals surface area contributed by atoms with E-state index < -0.39 is 0 Å². The largest absolute Gasteiger partial charge is 0.396 e. The molecule has 0 aliphatic carbocycles. The molecular formula is C10H20N2O3. The molecule has 0 saturated carbocycles. The summed E-state index contributed by atoms with van der Waals surface area (Å²) in [6.07, 6.45) is 2.02. The van der Waals surface area contributed by atoms with Gasteiger partial charge in [-0.05, 0) is 18.8 Å². The van der Waals surface area contributed by atoms with Gasteiger partial charge < -0.3 is 16.2 Å². The molecule has 0 saturated heterocycles. The third-order valence-electron chi connectivity index (χ3n) is 1.99. The number of carbonyl (C=O) groups excluding carboxylic acids is 2. The van der Waals surface area contributed by atoms with Crippen molar-refractivity contribution >= 4 is 11.8 Å². The van der Waals surface area contributed by atoms with Crippen molar-refractivity contribution in [1.82, 2.24) is 5.32 Å². The third-order valence-corrected chi connectivity index (χ3v) is 1.99. The van der Waals surface area contributed by atoms with E-state index in [4.69, 9.17) is 10.8 Å². The normalized spacial score (nSPS) is 12.1. The fourth-order valence-electron chi connectivity index (χ4n) is 1.27. The summed E-state index contributed by atoms with van der Waals surface area (Å²) in [5, 5.41) is 11.2. The Balaban J connectivity index is 3.51. The molecule has 0 heterocycles. The van der Waals surface area contributed by atoms with Crippen LogP contribution in [0.15, 0.2) is 0 Å². The lowest BCUT2D eigenvalue weighted by Gasteiger charge is -2.09. The Morgan fingerprint density at radius 3 is 2.53 bits per heavy atom. The lowest BCUT2D eigenvalue weighted by atomic mass is 10.0. The van der Waals surface area contributed by atoms with Gasteiger partial charge in [-0.2, -0.15) is 0 Å². The molecule has 0 aromatic rings. The molecule has 15 heavy (non-hydrogen) atoms. The predicted octanol–water partition coefficient (Wildman–Crippen LogP) is -0.223. The molecule has 0 bridgehead atoms. The molecule has 0 unspecified atom stereocenters. The van der Waals surface area contributed by atoms with Crippen LogP contribution in [-0.2, 0) is 9.59 Å². The van der Waals surface area contributed by atoms with E-state index in [9.17, 15) is 9.59 Å². The first-order valence-electron chi connectivity index (χ1n) is 5.22. The van der Waals surface area contributed by atoms with Crippen molar-refractivity contribution in [3.8, 4) is 0 Å². The van der Waals surface area contributed by atoms with Crippen LogP contribution in [0.25, 0.3) is 0 Å². The van der Waals surface area contributed by atoms with Gasteiger partial charge in [0.25, 0.3) is 0 Å². The zero-order valence-corrected chi connectivity index (χ0v) is 9.16. The molecule has 0 aromatic carbocycles. The van der Waals surface area contributed by atoms with E-state index in [-0.39, 0.29) is 30.8 Å². The van der Waals surface area contributed by atoms with Crippen molar-refractivity contribution in [2.24, 2.45) is 11.7 Å². The summed E-state index contributed by atoms with van der Waals surface area (Å²) in [5.74, 6) is -0.461. The average molecular weight is 216 g/mol. The Morgan fingerprint density at radius 2 is 2.00 bits per heavy atom. The van der Waals surface area contributed by atoms with Crippen molar-refractivity contribution in [3.63, 3.8) is 0 Å². The van der Waals surface area contributed by atoms with Crippen LogP contribution in [0.4, 0.5) is 0 Å². The second-order valence-electron chi connectivity index (χ2n) is 3.76. The number of aliphatic hydroxyl groups is 1. The molecule has 0 aromatic heterocycles. The number of nitrogens with one attached hydrogen (secondary N) is 1. The van der Waals surface area contributed by atoms with Crippen LogP contribution in [0.2, 0.25) is 0 Å². The van der Waals surface area contributed by atoms with E-state index in [0.29, 0.717) is 19.4 Å². The van der Waals surface area contributed by atoms with Crippen LogP contribution < -0.4 is 11.1 Å². The third kappa shape index (κ3) is 9.21. The predicted molar refractivity (Wildman–Crippen MR) is 56.9 cm³/mol. The molecule has 0 aliphatic rings. The minimum Gasteiger partial charge on any atom is -0.396 e. The van der Waals surface area contributed by atoms with Gasteiger partial charge in [0.2, 0.25) is 11.8 Å². The first kappa shape index (κ1) is 13.9. The van der Waals surface area contributed by atoms with E-state index in [1.807, 2.05) is 6.92 Å². The SMILES string of the molecule is C[C@H](CC(N)=O)CC(=O)NCCCCO. The Morgan fingerprint density at radius 1 is 1.33 bits per heavy atom. The van der Waals surface area contributed by atoms with Gasteiger partial charge in [-0.3, -0.25) is 9.59 Å². The smallest absolute Gasteiger partial charge is 0.220 e. The zero-order valence-electron chi connectivity index (χ0n) is 9.16. The topological polar surface area (TPSA) is 92.4 Å². The molecule has 88 valence electrons. The number of hydrogen-bond donors (Lipinski definition) is 3. The summed E-state index contributed by atoms with van der Waals surface area (Å²) < 4.78 is 0. The average Bonchev–Trinajstić information content (AvgIpc) is 2.10. The number of hydrogen-bond acceptors (Lipinski definition) is 3. The molecule has 0 aliphatic heterocycles. The van der Waals surface area contributed by atoms with Gasteiger partial charge in [0.15, 0.2) is 0 Å². The summed E-state index contributed by atoms with van der Waals surface area (Å²) in [6, 6.07) is 0. The lowest BCUT2D eigenvalue weighted by Crippen LogP contribution is -2.27. The highest BCUT2D eigenvalue weighted by Gasteiger charge is 2.10. The number of aliphatic hydroxyl groups excluding tert-OH is 1.